The molecular formula is C15H20N2S. The van der Waals surface area contributed by atoms with Crippen LogP contribution in [0, 0.1) is 20.8 Å². The lowest BCUT2D eigenvalue weighted by atomic mass is 10.1. The first kappa shape index (κ1) is 13.2. The molecule has 1 aromatic carbocycles. The first-order chi connectivity index (χ1) is 8.56. The van der Waals surface area contributed by atoms with E-state index >= 15 is 0 Å². The molecule has 0 bridgehead atoms. The van der Waals surface area contributed by atoms with Gasteiger partial charge in [0.15, 0.2) is 0 Å². The molecule has 2 nitrogen and oxygen atoms in total. The van der Waals surface area contributed by atoms with Crippen molar-refractivity contribution < 1.29 is 0 Å². The maximum atomic E-state index is 4.42. The number of hydrogen-bond donors (Lipinski definition) is 1. The van der Waals surface area contributed by atoms with Crippen LogP contribution in [0.2, 0.25) is 0 Å². The molecule has 0 amide bonds. The molecule has 18 heavy (non-hydrogen) atoms. The van der Waals surface area contributed by atoms with E-state index in [1.165, 1.54) is 21.6 Å². The molecule has 0 aliphatic carbocycles. The summed E-state index contributed by atoms with van der Waals surface area (Å²) in [7, 11) is 0. The first-order valence-corrected chi connectivity index (χ1v) is 7.10. The van der Waals surface area contributed by atoms with E-state index in [0.29, 0.717) is 6.04 Å². The number of thiazole rings is 1. The number of aromatic nitrogens is 1. The topological polar surface area (TPSA) is 24.9 Å². The van der Waals surface area contributed by atoms with Crippen LogP contribution in [0.15, 0.2) is 24.4 Å². The molecule has 2 rings (SSSR count). The SMILES string of the molecule is Cc1ccc(C)c(CNC(C)c2ncc(C)s2)c1. The Morgan fingerprint density at radius 2 is 2.06 bits per heavy atom. The molecule has 1 N–H and O–H groups in total. The van der Waals surface area contributed by atoms with E-state index < -0.39 is 0 Å². The third-order valence-corrected chi connectivity index (χ3v) is 4.21. The third-order valence-electron chi connectivity index (χ3n) is 3.11. The zero-order valence-corrected chi connectivity index (χ0v) is 12.3. The predicted molar refractivity (Wildman–Crippen MR) is 78.0 cm³/mol. The fraction of sp³-hybridized carbons (Fsp3) is 0.400. The van der Waals surface area contributed by atoms with Gasteiger partial charge in [-0.1, -0.05) is 23.8 Å². The normalized spacial score (nSPS) is 12.7. The fourth-order valence-corrected chi connectivity index (χ4v) is 2.71. The average Bonchev–Trinajstić information content (AvgIpc) is 2.77. The number of nitrogens with zero attached hydrogens (tertiary/aromatic N) is 1. The summed E-state index contributed by atoms with van der Waals surface area (Å²) in [6.45, 7) is 9.46. The van der Waals surface area contributed by atoms with E-state index in [9.17, 15) is 0 Å². The minimum atomic E-state index is 0.309. The van der Waals surface area contributed by atoms with Crippen molar-refractivity contribution in [2.24, 2.45) is 0 Å². The van der Waals surface area contributed by atoms with Crippen LogP contribution >= 0.6 is 11.3 Å². The van der Waals surface area contributed by atoms with Crippen molar-refractivity contribution in [2.45, 2.75) is 40.3 Å². The zero-order valence-electron chi connectivity index (χ0n) is 11.4. The van der Waals surface area contributed by atoms with Crippen molar-refractivity contribution in [3.05, 3.63) is 51.0 Å². The van der Waals surface area contributed by atoms with E-state index in [2.05, 4.69) is 56.2 Å². The molecular weight excluding hydrogens is 240 g/mol. The Hall–Kier alpha value is -1.19. The Kier molecular flexibility index (Phi) is 4.15. The number of aryl methyl sites for hydroxylation is 3. The second-order valence-electron chi connectivity index (χ2n) is 4.84. The first-order valence-electron chi connectivity index (χ1n) is 6.28. The second kappa shape index (κ2) is 5.63. The van der Waals surface area contributed by atoms with Gasteiger partial charge in [0.25, 0.3) is 0 Å². The second-order valence-corrected chi connectivity index (χ2v) is 6.11. The van der Waals surface area contributed by atoms with Gasteiger partial charge in [0.05, 0.1) is 6.04 Å². The minimum absolute atomic E-state index is 0.309. The lowest BCUT2D eigenvalue weighted by Gasteiger charge is -2.13. The van der Waals surface area contributed by atoms with Gasteiger partial charge in [0.1, 0.15) is 5.01 Å². The van der Waals surface area contributed by atoms with Crippen molar-refractivity contribution >= 4 is 11.3 Å². The van der Waals surface area contributed by atoms with Gasteiger partial charge in [-0.3, -0.25) is 0 Å². The summed E-state index contributed by atoms with van der Waals surface area (Å²) in [4.78, 5) is 5.69. The highest BCUT2D eigenvalue weighted by Crippen LogP contribution is 2.20. The van der Waals surface area contributed by atoms with Crippen LogP contribution in [0.4, 0.5) is 0 Å². The molecule has 3 heteroatoms. The monoisotopic (exact) mass is 260 g/mol. The van der Waals surface area contributed by atoms with Gasteiger partial charge < -0.3 is 5.32 Å². The van der Waals surface area contributed by atoms with E-state index in [-0.39, 0.29) is 0 Å². The lowest BCUT2D eigenvalue weighted by molar-refractivity contribution is 0.570. The van der Waals surface area contributed by atoms with Gasteiger partial charge in [0, 0.05) is 17.6 Å². The molecule has 2 aromatic rings. The molecule has 96 valence electrons. The van der Waals surface area contributed by atoms with E-state index in [0.717, 1.165) is 11.6 Å². The maximum absolute atomic E-state index is 4.42. The van der Waals surface area contributed by atoms with E-state index in [1.807, 2.05) is 6.20 Å². The van der Waals surface area contributed by atoms with Crippen LogP contribution in [0.25, 0.3) is 0 Å². The van der Waals surface area contributed by atoms with Crippen LogP contribution < -0.4 is 5.32 Å². The van der Waals surface area contributed by atoms with Crippen LogP contribution in [0.5, 0.6) is 0 Å². The van der Waals surface area contributed by atoms with Gasteiger partial charge in [-0.05, 0) is 38.8 Å². The smallest absolute Gasteiger partial charge is 0.109 e. The average molecular weight is 260 g/mol. The van der Waals surface area contributed by atoms with Gasteiger partial charge in [0.2, 0.25) is 0 Å². The molecule has 1 aromatic heterocycles. The standard InChI is InChI=1S/C15H20N2S/c1-10-5-6-11(2)14(7-10)9-16-13(4)15-17-8-12(3)18-15/h5-8,13,16H,9H2,1-4H3. The molecule has 0 fully saturated rings. The Labute approximate surface area is 113 Å². The molecule has 0 aliphatic rings. The van der Waals surface area contributed by atoms with Crippen LogP contribution in [0.1, 0.15) is 39.5 Å². The maximum Gasteiger partial charge on any atom is 0.109 e. The largest absolute Gasteiger partial charge is 0.304 e. The van der Waals surface area contributed by atoms with E-state index in [4.69, 9.17) is 0 Å². The van der Waals surface area contributed by atoms with Gasteiger partial charge >= 0.3 is 0 Å². The summed E-state index contributed by atoms with van der Waals surface area (Å²) < 4.78 is 0. The Balaban J connectivity index is 2.01. The quantitative estimate of drug-likeness (QED) is 0.901. The number of hydrogen-bond acceptors (Lipinski definition) is 3. The molecule has 0 saturated heterocycles. The van der Waals surface area contributed by atoms with Crippen molar-refractivity contribution in [2.75, 3.05) is 0 Å². The predicted octanol–water partition coefficient (Wildman–Crippen LogP) is 3.92. The third kappa shape index (κ3) is 3.18. The zero-order chi connectivity index (χ0) is 13.1. The molecule has 0 spiro atoms. The van der Waals surface area contributed by atoms with Gasteiger partial charge in [-0.2, -0.15) is 0 Å². The van der Waals surface area contributed by atoms with Crippen molar-refractivity contribution in [1.29, 1.82) is 0 Å². The summed E-state index contributed by atoms with van der Waals surface area (Å²) in [6.07, 6.45) is 1.94. The van der Waals surface area contributed by atoms with Crippen LogP contribution in [-0.4, -0.2) is 4.98 Å². The molecule has 1 atom stereocenters. The van der Waals surface area contributed by atoms with Gasteiger partial charge in [-0.15, -0.1) is 11.3 Å². The van der Waals surface area contributed by atoms with E-state index in [1.54, 1.807) is 11.3 Å². The van der Waals surface area contributed by atoms with Crippen molar-refractivity contribution in [3.63, 3.8) is 0 Å². The number of rotatable bonds is 4. The Morgan fingerprint density at radius 3 is 2.72 bits per heavy atom. The summed E-state index contributed by atoms with van der Waals surface area (Å²) in [5, 5.41) is 4.71. The molecule has 0 radical (unpaired) electrons. The van der Waals surface area contributed by atoms with Crippen LogP contribution in [0.3, 0.4) is 0 Å². The van der Waals surface area contributed by atoms with Crippen molar-refractivity contribution in [3.8, 4) is 0 Å². The molecule has 1 unspecified atom stereocenters. The summed E-state index contributed by atoms with van der Waals surface area (Å²) >= 11 is 1.76. The Morgan fingerprint density at radius 1 is 1.28 bits per heavy atom. The highest BCUT2D eigenvalue weighted by molar-refractivity contribution is 7.11. The Bertz CT molecular complexity index is 531. The van der Waals surface area contributed by atoms with Crippen LogP contribution in [-0.2, 0) is 6.54 Å². The summed E-state index contributed by atoms with van der Waals surface area (Å²) in [6, 6.07) is 6.91. The fourth-order valence-electron chi connectivity index (χ4n) is 1.91. The van der Waals surface area contributed by atoms with Gasteiger partial charge in [-0.25, -0.2) is 4.98 Å². The summed E-state index contributed by atoms with van der Waals surface area (Å²) in [5.74, 6) is 0. The summed E-state index contributed by atoms with van der Waals surface area (Å²) in [5.41, 5.74) is 4.03. The number of nitrogens with one attached hydrogen (secondary N) is 1. The highest BCUT2D eigenvalue weighted by Gasteiger charge is 2.09. The highest BCUT2D eigenvalue weighted by atomic mass is 32.1. The lowest BCUT2D eigenvalue weighted by Crippen LogP contribution is -2.18. The van der Waals surface area contributed by atoms with Crippen molar-refractivity contribution in [1.82, 2.24) is 10.3 Å². The molecule has 1 heterocycles. The minimum Gasteiger partial charge on any atom is -0.304 e. The molecule has 0 saturated carbocycles. The number of benzene rings is 1. The molecule has 0 aliphatic heterocycles.